The Morgan fingerprint density at radius 2 is 2.18 bits per heavy atom. The van der Waals surface area contributed by atoms with Crippen LogP contribution >= 0.6 is 15.9 Å². The molecule has 1 atom stereocenters. The first-order valence-electron chi connectivity index (χ1n) is 5.28. The fourth-order valence-electron chi connectivity index (χ4n) is 1.52. The van der Waals surface area contributed by atoms with Crippen LogP contribution in [-0.4, -0.2) is 26.7 Å². The van der Waals surface area contributed by atoms with Crippen molar-refractivity contribution in [2.45, 2.75) is 13.0 Å². The molecule has 17 heavy (non-hydrogen) atoms. The summed E-state index contributed by atoms with van der Waals surface area (Å²) in [6.45, 7) is 2.62. The molecule has 0 aliphatic carbocycles. The lowest BCUT2D eigenvalue weighted by molar-refractivity contribution is -0.143. The van der Waals surface area contributed by atoms with Crippen LogP contribution in [0.1, 0.15) is 18.5 Å². The molecule has 0 aliphatic heterocycles. The summed E-state index contributed by atoms with van der Waals surface area (Å²) in [5, 5.41) is 3.08. The molecule has 1 N–H and O–H groups in total. The average molecular weight is 302 g/mol. The lowest BCUT2D eigenvalue weighted by Gasteiger charge is -2.16. The van der Waals surface area contributed by atoms with Gasteiger partial charge in [0.05, 0.1) is 18.7 Å². The molecule has 4 nitrogen and oxygen atoms in total. The fraction of sp³-hybridized carbons (Fsp3) is 0.417. The van der Waals surface area contributed by atoms with Gasteiger partial charge in [-0.3, -0.25) is 0 Å². The number of nitrogens with one attached hydrogen (secondary N) is 1. The number of hydrogen-bond donors (Lipinski definition) is 1. The van der Waals surface area contributed by atoms with Gasteiger partial charge in [0, 0.05) is 0 Å². The second-order valence-electron chi connectivity index (χ2n) is 3.41. The summed E-state index contributed by atoms with van der Waals surface area (Å²) in [4.78, 5) is 11.6. The van der Waals surface area contributed by atoms with Gasteiger partial charge in [-0.2, -0.15) is 0 Å². The van der Waals surface area contributed by atoms with Crippen molar-refractivity contribution in [1.29, 1.82) is 0 Å². The highest BCUT2D eigenvalue weighted by Crippen LogP contribution is 2.28. The average Bonchev–Trinajstić information content (AvgIpc) is 2.35. The molecule has 94 valence electrons. The van der Waals surface area contributed by atoms with Gasteiger partial charge in [-0.05, 0) is 40.2 Å². The van der Waals surface area contributed by atoms with Crippen molar-refractivity contribution in [2.75, 3.05) is 20.8 Å². The van der Waals surface area contributed by atoms with E-state index >= 15 is 0 Å². The summed E-state index contributed by atoms with van der Waals surface area (Å²) in [7, 11) is 2.98. The van der Waals surface area contributed by atoms with Crippen LogP contribution in [0.2, 0.25) is 0 Å². The Kier molecular flexibility index (Phi) is 5.44. The van der Waals surface area contributed by atoms with Gasteiger partial charge in [-0.15, -0.1) is 0 Å². The van der Waals surface area contributed by atoms with Gasteiger partial charge in [-0.1, -0.05) is 13.0 Å². The SMILES string of the molecule is CCNC(C(=O)OC)c1ccc(OC)c(Br)c1. The van der Waals surface area contributed by atoms with Crippen LogP contribution in [-0.2, 0) is 9.53 Å². The lowest BCUT2D eigenvalue weighted by atomic mass is 10.1. The summed E-state index contributed by atoms with van der Waals surface area (Å²) in [6.07, 6.45) is 0. The number of halogens is 1. The van der Waals surface area contributed by atoms with E-state index in [2.05, 4.69) is 21.2 Å². The minimum atomic E-state index is -0.452. The van der Waals surface area contributed by atoms with Gasteiger partial charge >= 0.3 is 5.97 Å². The molecule has 0 spiro atoms. The zero-order chi connectivity index (χ0) is 12.8. The quantitative estimate of drug-likeness (QED) is 0.848. The normalized spacial score (nSPS) is 12.0. The van der Waals surface area contributed by atoms with E-state index in [4.69, 9.17) is 9.47 Å². The number of benzene rings is 1. The van der Waals surface area contributed by atoms with E-state index < -0.39 is 6.04 Å². The Morgan fingerprint density at radius 1 is 1.47 bits per heavy atom. The highest BCUT2D eigenvalue weighted by molar-refractivity contribution is 9.10. The molecule has 0 fully saturated rings. The second-order valence-corrected chi connectivity index (χ2v) is 4.26. The van der Waals surface area contributed by atoms with Crippen molar-refractivity contribution in [1.82, 2.24) is 5.32 Å². The van der Waals surface area contributed by atoms with Crippen LogP contribution < -0.4 is 10.1 Å². The predicted molar refractivity (Wildman–Crippen MR) is 69.1 cm³/mol. The molecular formula is C12H16BrNO3. The second kappa shape index (κ2) is 6.61. The van der Waals surface area contributed by atoms with Gasteiger partial charge in [0.2, 0.25) is 0 Å². The Hall–Kier alpha value is -1.07. The molecule has 1 rings (SSSR count). The maximum Gasteiger partial charge on any atom is 0.327 e. The van der Waals surface area contributed by atoms with Crippen molar-refractivity contribution in [3.8, 4) is 5.75 Å². The van der Waals surface area contributed by atoms with Crippen LogP contribution in [0.5, 0.6) is 5.75 Å². The van der Waals surface area contributed by atoms with E-state index in [9.17, 15) is 4.79 Å². The van der Waals surface area contributed by atoms with Crippen LogP contribution in [0.3, 0.4) is 0 Å². The topological polar surface area (TPSA) is 47.6 Å². The van der Waals surface area contributed by atoms with Crippen molar-refractivity contribution >= 4 is 21.9 Å². The Morgan fingerprint density at radius 3 is 2.65 bits per heavy atom. The third-order valence-corrected chi connectivity index (χ3v) is 2.97. The number of rotatable bonds is 5. The first kappa shape index (κ1) is 14.0. The van der Waals surface area contributed by atoms with Crippen molar-refractivity contribution in [3.63, 3.8) is 0 Å². The minimum absolute atomic E-state index is 0.302. The first-order chi connectivity index (χ1) is 8.13. The molecular weight excluding hydrogens is 286 g/mol. The zero-order valence-corrected chi connectivity index (χ0v) is 11.7. The zero-order valence-electron chi connectivity index (χ0n) is 10.1. The molecule has 0 amide bonds. The van der Waals surface area contributed by atoms with E-state index in [1.807, 2.05) is 25.1 Å². The molecule has 1 unspecified atom stereocenters. The van der Waals surface area contributed by atoms with Gasteiger partial charge in [0.15, 0.2) is 0 Å². The number of likely N-dealkylation sites (N-methyl/N-ethyl adjacent to an activating group) is 1. The van der Waals surface area contributed by atoms with Crippen molar-refractivity contribution < 1.29 is 14.3 Å². The van der Waals surface area contributed by atoms with Crippen LogP contribution in [0.15, 0.2) is 22.7 Å². The summed E-state index contributed by atoms with van der Waals surface area (Å²) in [6, 6.07) is 5.05. The number of carbonyl (C=O) groups excluding carboxylic acids is 1. The van der Waals surface area contributed by atoms with E-state index in [0.717, 1.165) is 15.8 Å². The Bertz CT molecular complexity index is 395. The molecule has 0 bridgehead atoms. The molecule has 0 saturated heterocycles. The van der Waals surface area contributed by atoms with Crippen molar-refractivity contribution in [2.24, 2.45) is 0 Å². The molecule has 0 saturated carbocycles. The molecule has 5 heteroatoms. The van der Waals surface area contributed by atoms with E-state index in [-0.39, 0.29) is 5.97 Å². The largest absolute Gasteiger partial charge is 0.496 e. The van der Waals surface area contributed by atoms with Crippen LogP contribution in [0, 0.1) is 0 Å². The third kappa shape index (κ3) is 3.44. The smallest absolute Gasteiger partial charge is 0.327 e. The molecule has 0 aromatic heterocycles. The standard InChI is InChI=1S/C12H16BrNO3/c1-4-14-11(12(15)17-3)8-5-6-10(16-2)9(13)7-8/h5-7,11,14H,4H2,1-3H3. The molecule has 0 aliphatic rings. The highest BCUT2D eigenvalue weighted by Gasteiger charge is 2.20. The maximum absolute atomic E-state index is 11.6. The van der Waals surface area contributed by atoms with E-state index in [1.165, 1.54) is 7.11 Å². The maximum atomic E-state index is 11.6. The van der Waals surface area contributed by atoms with Gasteiger partial charge in [-0.25, -0.2) is 4.79 Å². The molecule has 0 radical (unpaired) electrons. The molecule has 0 heterocycles. The summed E-state index contributed by atoms with van der Waals surface area (Å²) in [5.41, 5.74) is 0.839. The number of esters is 1. The summed E-state index contributed by atoms with van der Waals surface area (Å²) >= 11 is 3.39. The molecule has 1 aromatic carbocycles. The number of hydrogen-bond acceptors (Lipinski definition) is 4. The van der Waals surface area contributed by atoms with Gasteiger partial charge in [0.1, 0.15) is 11.8 Å². The van der Waals surface area contributed by atoms with Crippen LogP contribution in [0.25, 0.3) is 0 Å². The number of carbonyl (C=O) groups is 1. The Balaban J connectivity index is 3.02. The van der Waals surface area contributed by atoms with Gasteiger partial charge < -0.3 is 14.8 Å². The summed E-state index contributed by atoms with van der Waals surface area (Å²) in [5.74, 6) is 0.429. The number of methoxy groups -OCH3 is 2. The first-order valence-corrected chi connectivity index (χ1v) is 6.08. The lowest BCUT2D eigenvalue weighted by Crippen LogP contribution is -2.29. The predicted octanol–water partition coefficient (Wildman–Crippen LogP) is 2.28. The summed E-state index contributed by atoms with van der Waals surface area (Å²) < 4.78 is 10.7. The molecule has 1 aromatic rings. The number of ether oxygens (including phenoxy) is 2. The Labute approximate surface area is 109 Å². The third-order valence-electron chi connectivity index (χ3n) is 2.35. The minimum Gasteiger partial charge on any atom is -0.496 e. The van der Waals surface area contributed by atoms with Crippen LogP contribution in [0.4, 0.5) is 0 Å². The highest BCUT2D eigenvalue weighted by atomic mass is 79.9. The fourth-order valence-corrected chi connectivity index (χ4v) is 2.08. The van der Waals surface area contributed by atoms with Gasteiger partial charge in [0.25, 0.3) is 0 Å². The van der Waals surface area contributed by atoms with Crippen molar-refractivity contribution in [3.05, 3.63) is 28.2 Å². The monoisotopic (exact) mass is 301 g/mol. The van der Waals surface area contributed by atoms with E-state index in [0.29, 0.717) is 6.54 Å². The van der Waals surface area contributed by atoms with E-state index in [1.54, 1.807) is 7.11 Å².